The average molecular weight is 611 g/mol. The van der Waals surface area contributed by atoms with Gasteiger partial charge in [-0.1, -0.05) is 24.3 Å². The zero-order valence-electron chi connectivity index (χ0n) is 26.3. The van der Waals surface area contributed by atoms with Crippen LogP contribution < -0.4 is 16.4 Å². The summed E-state index contributed by atoms with van der Waals surface area (Å²) in [6, 6.07) is 5.12. The number of rotatable bonds is 12. The summed E-state index contributed by atoms with van der Waals surface area (Å²) in [7, 11) is 0. The van der Waals surface area contributed by atoms with Crippen molar-refractivity contribution in [1.29, 1.82) is 0 Å². The van der Waals surface area contributed by atoms with Crippen LogP contribution in [-0.2, 0) is 11.2 Å². The van der Waals surface area contributed by atoms with E-state index in [0.717, 1.165) is 90.6 Å². The summed E-state index contributed by atoms with van der Waals surface area (Å²) in [6.45, 7) is 5.65. The fourth-order valence-corrected chi connectivity index (χ4v) is 8.31. The standard InChI is InChI=1S/C35H52F2N6O/c36-35(37)16-13-28(14-17-35)33(44)41-29(26-8-2-1-3-9-26)15-22-42-23-20-40-34(25-42)24-31(34)43(21-5-4-18-38)30-12-6-10-27-11-7-19-39-32(27)30/h1-2,7-8,11,19,28-31,40H,3-6,9-10,12-18,20-25,38H2,(H,41,44)/t29-,30?,31?,34?/m1/s1. The number of aromatic nitrogens is 1. The highest BCUT2D eigenvalue weighted by molar-refractivity contribution is 5.79. The van der Waals surface area contributed by atoms with Crippen LogP contribution in [0.1, 0.15) is 94.3 Å². The molecule has 0 radical (unpaired) electrons. The van der Waals surface area contributed by atoms with Crippen LogP contribution in [-0.4, -0.2) is 83.5 Å². The first-order chi connectivity index (χ1) is 21.4. The van der Waals surface area contributed by atoms with Crippen molar-refractivity contribution in [1.82, 2.24) is 25.4 Å². The predicted molar refractivity (Wildman–Crippen MR) is 170 cm³/mol. The molecular weight excluding hydrogens is 558 g/mol. The summed E-state index contributed by atoms with van der Waals surface area (Å²) in [6.07, 6.45) is 18.1. The Bertz CT molecular complexity index is 1200. The first-order valence-corrected chi connectivity index (χ1v) is 17.3. The molecule has 1 saturated heterocycles. The Morgan fingerprint density at radius 1 is 1.23 bits per heavy atom. The lowest BCUT2D eigenvalue weighted by Crippen LogP contribution is -2.57. The van der Waals surface area contributed by atoms with Crippen LogP contribution in [0.2, 0.25) is 0 Å². The number of allylic oxidation sites excluding steroid dienone is 3. The summed E-state index contributed by atoms with van der Waals surface area (Å²) in [4.78, 5) is 23.5. The Morgan fingerprint density at radius 2 is 2.09 bits per heavy atom. The molecule has 3 fully saturated rings. The van der Waals surface area contributed by atoms with Gasteiger partial charge >= 0.3 is 0 Å². The third kappa shape index (κ3) is 7.43. The highest BCUT2D eigenvalue weighted by atomic mass is 19.3. The van der Waals surface area contributed by atoms with Crippen molar-refractivity contribution in [2.45, 2.75) is 113 Å². The number of carbonyl (C=O) groups is 1. The van der Waals surface area contributed by atoms with Crippen LogP contribution in [0.4, 0.5) is 8.78 Å². The maximum Gasteiger partial charge on any atom is 0.248 e. The molecule has 0 aromatic carbocycles. The number of hydrogen-bond acceptors (Lipinski definition) is 6. The van der Waals surface area contributed by atoms with Crippen molar-refractivity contribution in [2.75, 3.05) is 39.3 Å². The molecule has 3 unspecified atom stereocenters. The topological polar surface area (TPSA) is 86.5 Å². The Balaban J connectivity index is 1.10. The molecule has 9 heteroatoms. The van der Waals surface area contributed by atoms with Gasteiger partial charge in [0.2, 0.25) is 11.8 Å². The molecule has 5 aliphatic rings. The van der Waals surface area contributed by atoms with E-state index in [1.54, 1.807) is 0 Å². The largest absolute Gasteiger partial charge is 0.349 e. The number of hydrogen-bond donors (Lipinski definition) is 3. The molecule has 242 valence electrons. The van der Waals surface area contributed by atoms with E-state index in [0.29, 0.717) is 12.1 Å². The monoisotopic (exact) mass is 610 g/mol. The molecule has 44 heavy (non-hydrogen) atoms. The average Bonchev–Trinajstić information content (AvgIpc) is 3.72. The molecule has 4 aliphatic carbocycles. The molecule has 6 rings (SSSR count). The van der Waals surface area contributed by atoms with Crippen LogP contribution in [0.15, 0.2) is 42.1 Å². The number of aryl methyl sites for hydroxylation is 1. The molecule has 1 amide bonds. The number of fused-ring (bicyclic) bond motifs is 1. The van der Waals surface area contributed by atoms with Gasteiger partial charge in [-0.15, -0.1) is 0 Å². The number of carbonyl (C=O) groups excluding carboxylic acids is 1. The normalized spacial score (nSPS) is 29.3. The first kappa shape index (κ1) is 31.8. The quantitative estimate of drug-likeness (QED) is 0.292. The fraction of sp³-hybridized carbons (Fsp3) is 0.714. The minimum absolute atomic E-state index is 0.0468. The van der Waals surface area contributed by atoms with Gasteiger partial charge in [-0.3, -0.25) is 14.7 Å². The van der Waals surface area contributed by atoms with E-state index < -0.39 is 5.92 Å². The van der Waals surface area contributed by atoms with E-state index in [2.05, 4.69) is 50.8 Å². The lowest BCUT2D eigenvalue weighted by molar-refractivity contribution is -0.129. The first-order valence-electron chi connectivity index (χ1n) is 17.3. The smallest absolute Gasteiger partial charge is 0.248 e. The van der Waals surface area contributed by atoms with E-state index in [1.807, 2.05) is 6.20 Å². The Kier molecular flexibility index (Phi) is 10.2. The number of nitrogens with zero attached hydrogens (tertiary/aromatic N) is 3. The molecule has 1 aromatic heterocycles. The minimum Gasteiger partial charge on any atom is -0.349 e. The van der Waals surface area contributed by atoms with Gasteiger partial charge in [-0.25, -0.2) is 8.78 Å². The number of amides is 1. The van der Waals surface area contributed by atoms with Gasteiger partial charge in [-0.2, -0.15) is 0 Å². The molecule has 2 heterocycles. The SMILES string of the molecule is NCCCCN(C1CCCc2cccnc21)C1CC12CN(CC[C@@H](NC(=O)C1CCC(F)(F)CC1)C1=CC=CCC1)CCN2. The summed E-state index contributed by atoms with van der Waals surface area (Å²) in [5.74, 6) is -2.98. The minimum atomic E-state index is -2.62. The highest BCUT2D eigenvalue weighted by Crippen LogP contribution is 2.48. The van der Waals surface area contributed by atoms with Crippen molar-refractivity contribution < 1.29 is 13.6 Å². The lowest BCUT2D eigenvalue weighted by Gasteiger charge is -2.40. The second-order valence-electron chi connectivity index (χ2n) is 14.0. The van der Waals surface area contributed by atoms with Crippen LogP contribution in [0, 0.1) is 5.92 Å². The molecular formula is C35H52F2N6O. The lowest BCUT2D eigenvalue weighted by atomic mass is 9.85. The number of halogens is 2. The number of unbranched alkanes of at least 4 members (excludes halogenated alkanes) is 1. The third-order valence-corrected chi connectivity index (χ3v) is 10.9. The van der Waals surface area contributed by atoms with Crippen LogP contribution >= 0.6 is 0 Å². The highest BCUT2D eigenvalue weighted by Gasteiger charge is 2.59. The van der Waals surface area contributed by atoms with Crippen molar-refractivity contribution in [3.8, 4) is 0 Å². The second kappa shape index (κ2) is 14.1. The van der Waals surface area contributed by atoms with Gasteiger partial charge in [0.1, 0.15) is 0 Å². The fourth-order valence-electron chi connectivity index (χ4n) is 8.31. The van der Waals surface area contributed by atoms with E-state index in [1.165, 1.54) is 23.3 Å². The molecule has 4 N–H and O–H groups in total. The Morgan fingerprint density at radius 3 is 2.89 bits per heavy atom. The number of pyridine rings is 1. The molecule has 2 saturated carbocycles. The van der Waals surface area contributed by atoms with E-state index in [4.69, 9.17) is 10.7 Å². The number of nitrogens with two attached hydrogens (primary N) is 1. The van der Waals surface area contributed by atoms with Crippen molar-refractivity contribution in [2.24, 2.45) is 11.7 Å². The van der Waals surface area contributed by atoms with E-state index in [9.17, 15) is 13.6 Å². The molecule has 1 aromatic rings. The zero-order chi connectivity index (χ0) is 30.6. The van der Waals surface area contributed by atoms with E-state index in [-0.39, 0.29) is 49.1 Å². The van der Waals surface area contributed by atoms with Gasteiger partial charge in [0.25, 0.3) is 0 Å². The van der Waals surface area contributed by atoms with Gasteiger partial charge in [0.05, 0.1) is 17.8 Å². The van der Waals surface area contributed by atoms with Crippen molar-refractivity contribution >= 4 is 5.91 Å². The summed E-state index contributed by atoms with van der Waals surface area (Å²) >= 11 is 0. The van der Waals surface area contributed by atoms with Crippen LogP contribution in [0.25, 0.3) is 0 Å². The second-order valence-corrected chi connectivity index (χ2v) is 14.0. The number of nitrogens with one attached hydrogen (secondary N) is 2. The molecule has 0 bridgehead atoms. The van der Waals surface area contributed by atoms with Gasteiger partial charge in [0.15, 0.2) is 0 Å². The number of piperazine rings is 1. The van der Waals surface area contributed by atoms with Gasteiger partial charge in [-0.05, 0) is 101 Å². The van der Waals surface area contributed by atoms with Crippen molar-refractivity contribution in [3.63, 3.8) is 0 Å². The molecule has 1 spiro atoms. The maximum atomic E-state index is 13.7. The summed E-state index contributed by atoms with van der Waals surface area (Å²) in [5, 5.41) is 7.25. The Hall–Kier alpha value is -2.20. The van der Waals surface area contributed by atoms with E-state index >= 15 is 0 Å². The van der Waals surface area contributed by atoms with Crippen LogP contribution in [0.3, 0.4) is 0 Å². The molecule has 4 atom stereocenters. The molecule has 7 nitrogen and oxygen atoms in total. The molecule has 1 aliphatic heterocycles. The Labute approximate surface area is 262 Å². The van der Waals surface area contributed by atoms with Crippen LogP contribution in [0.5, 0.6) is 0 Å². The summed E-state index contributed by atoms with van der Waals surface area (Å²) in [5.41, 5.74) is 9.92. The third-order valence-electron chi connectivity index (χ3n) is 10.9. The predicted octanol–water partition coefficient (Wildman–Crippen LogP) is 4.89. The van der Waals surface area contributed by atoms with Crippen molar-refractivity contribution in [3.05, 3.63) is 53.4 Å². The summed E-state index contributed by atoms with van der Waals surface area (Å²) < 4.78 is 27.5. The number of alkyl halides is 2. The van der Waals surface area contributed by atoms with Gasteiger partial charge < -0.3 is 21.3 Å². The maximum absolute atomic E-state index is 13.7. The van der Waals surface area contributed by atoms with Gasteiger partial charge in [0, 0.05) is 62.7 Å². The zero-order valence-corrected chi connectivity index (χ0v) is 26.3.